The van der Waals surface area contributed by atoms with Crippen LogP contribution in [0.2, 0.25) is 0 Å². The first-order valence-corrected chi connectivity index (χ1v) is 5.25. The molecular weight excluding hydrogens is 191 g/mol. The van der Waals surface area contributed by atoms with Crippen molar-refractivity contribution in [2.45, 2.75) is 33.2 Å². The fourth-order valence-corrected chi connectivity index (χ4v) is 1.61. The van der Waals surface area contributed by atoms with E-state index in [2.05, 4.69) is 19.3 Å². The molecule has 0 aliphatic carbocycles. The number of hydrogen-bond donors (Lipinski definition) is 2. The Kier molecular flexibility index (Phi) is 4.24. The van der Waals surface area contributed by atoms with Crippen molar-refractivity contribution >= 4 is 0 Å². The fraction of sp³-hybridized carbons (Fsp3) is 0.500. The molecule has 0 saturated heterocycles. The summed E-state index contributed by atoms with van der Waals surface area (Å²) in [5, 5.41) is 0. The highest BCUT2D eigenvalue weighted by Gasteiger charge is 2.13. The average Bonchev–Trinajstić information content (AvgIpc) is 2.16. The summed E-state index contributed by atoms with van der Waals surface area (Å²) in [5.74, 6) is 5.75. The van der Waals surface area contributed by atoms with Gasteiger partial charge in [0.05, 0.1) is 0 Å². The Hall–Kier alpha value is -0.930. The molecular formula is C12H19FN2. The number of rotatable bonds is 4. The molecule has 84 valence electrons. The van der Waals surface area contributed by atoms with Crippen LogP contribution >= 0.6 is 0 Å². The van der Waals surface area contributed by atoms with Crippen LogP contribution in [0.1, 0.15) is 25.0 Å². The van der Waals surface area contributed by atoms with E-state index >= 15 is 0 Å². The van der Waals surface area contributed by atoms with Gasteiger partial charge < -0.3 is 0 Å². The molecule has 3 heteroatoms. The average molecular weight is 210 g/mol. The zero-order chi connectivity index (χ0) is 11.4. The maximum absolute atomic E-state index is 12.9. The predicted molar refractivity (Wildman–Crippen MR) is 60.8 cm³/mol. The molecule has 0 fully saturated rings. The van der Waals surface area contributed by atoms with Gasteiger partial charge in [0, 0.05) is 6.04 Å². The summed E-state index contributed by atoms with van der Waals surface area (Å²) in [7, 11) is 0. The van der Waals surface area contributed by atoms with E-state index in [4.69, 9.17) is 5.84 Å². The molecule has 0 saturated carbocycles. The standard InChI is InChI=1S/C12H19FN2/c1-8(2)12(15-14)7-10-4-5-11(13)6-9(10)3/h4-6,8,12,15H,7,14H2,1-3H3. The van der Waals surface area contributed by atoms with Gasteiger partial charge in [0.1, 0.15) is 5.82 Å². The smallest absolute Gasteiger partial charge is 0.123 e. The zero-order valence-electron chi connectivity index (χ0n) is 9.55. The van der Waals surface area contributed by atoms with Gasteiger partial charge in [0.25, 0.3) is 0 Å². The zero-order valence-corrected chi connectivity index (χ0v) is 9.55. The molecule has 15 heavy (non-hydrogen) atoms. The van der Waals surface area contributed by atoms with Gasteiger partial charge >= 0.3 is 0 Å². The topological polar surface area (TPSA) is 38.0 Å². The maximum atomic E-state index is 12.9. The first-order valence-electron chi connectivity index (χ1n) is 5.25. The summed E-state index contributed by atoms with van der Waals surface area (Å²) in [6.45, 7) is 6.15. The normalized spacial score (nSPS) is 13.2. The van der Waals surface area contributed by atoms with Crippen LogP contribution in [0, 0.1) is 18.7 Å². The highest BCUT2D eigenvalue weighted by Crippen LogP contribution is 2.15. The van der Waals surface area contributed by atoms with Gasteiger partial charge in [-0.2, -0.15) is 0 Å². The number of aryl methyl sites for hydroxylation is 1. The second kappa shape index (κ2) is 5.24. The van der Waals surface area contributed by atoms with Crippen LogP contribution in [0.4, 0.5) is 4.39 Å². The van der Waals surface area contributed by atoms with E-state index < -0.39 is 0 Å². The largest absolute Gasteiger partial charge is 0.271 e. The van der Waals surface area contributed by atoms with E-state index in [0.29, 0.717) is 5.92 Å². The summed E-state index contributed by atoms with van der Waals surface area (Å²) in [6.07, 6.45) is 0.834. The van der Waals surface area contributed by atoms with E-state index in [9.17, 15) is 4.39 Å². The van der Waals surface area contributed by atoms with Gasteiger partial charge in [-0.15, -0.1) is 0 Å². The Bertz CT molecular complexity index is 323. The van der Waals surface area contributed by atoms with Crippen molar-refractivity contribution in [1.82, 2.24) is 5.43 Å². The molecule has 0 radical (unpaired) electrons. The van der Waals surface area contributed by atoms with Crippen LogP contribution in [-0.2, 0) is 6.42 Å². The van der Waals surface area contributed by atoms with Crippen LogP contribution < -0.4 is 11.3 Å². The third-order valence-electron chi connectivity index (χ3n) is 2.76. The van der Waals surface area contributed by atoms with Gasteiger partial charge in [-0.25, -0.2) is 4.39 Å². The van der Waals surface area contributed by atoms with Crippen molar-refractivity contribution in [3.05, 3.63) is 35.1 Å². The molecule has 2 nitrogen and oxygen atoms in total. The second-order valence-electron chi connectivity index (χ2n) is 4.29. The van der Waals surface area contributed by atoms with Crippen LogP contribution in [0.5, 0.6) is 0 Å². The lowest BCUT2D eigenvalue weighted by Crippen LogP contribution is -2.40. The van der Waals surface area contributed by atoms with E-state index in [1.54, 1.807) is 6.07 Å². The lowest BCUT2D eigenvalue weighted by molar-refractivity contribution is 0.404. The summed E-state index contributed by atoms with van der Waals surface area (Å²) in [6, 6.07) is 5.12. The molecule has 0 bridgehead atoms. The lowest BCUT2D eigenvalue weighted by atomic mass is 9.94. The first kappa shape index (κ1) is 12.1. The van der Waals surface area contributed by atoms with Crippen molar-refractivity contribution < 1.29 is 4.39 Å². The number of nitrogens with two attached hydrogens (primary N) is 1. The van der Waals surface area contributed by atoms with Crippen molar-refractivity contribution in [3.63, 3.8) is 0 Å². The minimum absolute atomic E-state index is 0.182. The SMILES string of the molecule is Cc1cc(F)ccc1CC(NN)C(C)C. The van der Waals surface area contributed by atoms with Gasteiger partial charge in [0.2, 0.25) is 0 Å². The maximum Gasteiger partial charge on any atom is 0.123 e. The minimum Gasteiger partial charge on any atom is -0.271 e. The van der Waals surface area contributed by atoms with Crippen LogP contribution in [-0.4, -0.2) is 6.04 Å². The number of halogens is 1. The Morgan fingerprint density at radius 3 is 2.53 bits per heavy atom. The summed E-state index contributed by atoms with van der Waals surface area (Å²) in [4.78, 5) is 0. The molecule has 0 amide bonds. The Morgan fingerprint density at radius 2 is 2.07 bits per heavy atom. The van der Waals surface area contributed by atoms with Crippen molar-refractivity contribution in [3.8, 4) is 0 Å². The lowest BCUT2D eigenvalue weighted by Gasteiger charge is -2.20. The van der Waals surface area contributed by atoms with Gasteiger partial charge in [-0.1, -0.05) is 19.9 Å². The first-order chi connectivity index (χ1) is 7.04. The van der Waals surface area contributed by atoms with Crippen LogP contribution in [0.3, 0.4) is 0 Å². The highest BCUT2D eigenvalue weighted by atomic mass is 19.1. The number of hydrazine groups is 1. The minimum atomic E-state index is -0.182. The van der Waals surface area contributed by atoms with E-state index in [-0.39, 0.29) is 11.9 Å². The number of nitrogens with one attached hydrogen (secondary N) is 1. The highest BCUT2D eigenvalue weighted by molar-refractivity contribution is 5.27. The molecule has 1 aromatic carbocycles. The summed E-state index contributed by atoms with van der Waals surface area (Å²) in [5.41, 5.74) is 4.93. The van der Waals surface area contributed by atoms with Crippen LogP contribution in [0.25, 0.3) is 0 Å². The summed E-state index contributed by atoms with van der Waals surface area (Å²) < 4.78 is 12.9. The molecule has 0 spiro atoms. The molecule has 3 N–H and O–H groups in total. The molecule has 1 aromatic rings. The number of benzene rings is 1. The van der Waals surface area contributed by atoms with Crippen molar-refractivity contribution in [2.24, 2.45) is 11.8 Å². The molecule has 0 aliphatic rings. The molecule has 1 unspecified atom stereocenters. The third-order valence-corrected chi connectivity index (χ3v) is 2.76. The van der Waals surface area contributed by atoms with E-state index in [1.807, 2.05) is 13.0 Å². The number of hydrogen-bond acceptors (Lipinski definition) is 2. The second-order valence-corrected chi connectivity index (χ2v) is 4.29. The molecule has 0 aliphatic heterocycles. The van der Waals surface area contributed by atoms with Crippen molar-refractivity contribution in [2.75, 3.05) is 0 Å². The van der Waals surface area contributed by atoms with Gasteiger partial charge in [-0.05, 0) is 42.5 Å². The van der Waals surface area contributed by atoms with E-state index in [1.165, 1.54) is 6.07 Å². The van der Waals surface area contributed by atoms with Gasteiger partial charge in [-0.3, -0.25) is 11.3 Å². The van der Waals surface area contributed by atoms with Crippen molar-refractivity contribution in [1.29, 1.82) is 0 Å². The monoisotopic (exact) mass is 210 g/mol. The van der Waals surface area contributed by atoms with Crippen LogP contribution in [0.15, 0.2) is 18.2 Å². The molecule has 0 aromatic heterocycles. The van der Waals surface area contributed by atoms with E-state index in [0.717, 1.165) is 17.5 Å². The fourth-order valence-electron chi connectivity index (χ4n) is 1.61. The Balaban J connectivity index is 2.79. The predicted octanol–water partition coefficient (Wildman–Crippen LogP) is 2.16. The molecule has 0 heterocycles. The Labute approximate surface area is 90.6 Å². The third kappa shape index (κ3) is 3.29. The van der Waals surface area contributed by atoms with Gasteiger partial charge in [0.15, 0.2) is 0 Å². The summed E-state index contributed by atoms with van der Waals surface area (Å²) >= 11 is 0. The quantitative estimate of drug-likeness (QED) is 0.590. The molecule has 1 rings (SSSR count). The Morgan fingerprint density at radius 1 is 1.40 bits per heavy atom. The molecule has 1 atom stereocenters.